The van der Waals surface area contributed by atoms with Crippen LogP contribution in [0.1, 0.15) is 54.2 Å². The molecule has 6 aromatic rings. The Balaban J connectivity index is 0.000000245. The van der Waals surface area contributed by atoms with Crippen LogP contribution >= 0.6 is 27.9 Å². The molecule has 0 saturated carbocycles. The van der Waals surface area contributed by atoms with E-state index >= 15 is 0 Å². The summed E-state index contributed by atoms with van der Waals surface area (Å²) in [6.45, 7) is 19.3. The molecule has 0 spiro atoms. The molecule has 326 valence electrons. The molecule has 19 heteroatoms. The van der Waals surface area contributed by atoms with Crippen molar-refractivity contribution in [2.75, 3.05) is 64.6 Å². The number of thiazole rings is 1. The van der Waals surface area contributed by atoms with Crippen LogP contribution in [-0.4, -0.2) is 101 Å². The number of benzene rings is 2. The molecule has 0 aliphatic rings. The SMILES string of the molecule is CCOC.CCOP(C)Cn1ccc(Nc2ncnc3ccc(OC(C)C)cc23)n1.CCOP(Cc1csc(Nc2ncnc3ccc(O[C@@H](C)COC)cc23)n1)OCC. The van der Waals surface area contributed by atoms with E-state index in [9.17, 15) is 0 Å². The Bertz CT molecular complexity index is 2140. The monoisotopic (exact) mass is 883 g/mol. The Morgan fingerprint density at radius 3 is 1.90 bits per heavy atom. The third-order valence-corrected chi connectivity index (χ3v) is 11.7. The Hall–Kier alpha value is -4.18. The summed E-state index contributed by atoms with van der Waals surface area (Å²) in [5, 5.41) is 15.7. The second-order valence-corrected chi connectivity index (χ2v) is 17.2. The number of hydrogen-bond acceptors (Lipinski definition) is 16. The molecule has 0 saturated heterocycles. The van der Waals surface area contributed by atoms with Crippen molar-refractivity contribution in [3.8, 4) is 11.5 Å². The average molecular weight is 884 g/mol. The summed E-state index contributed by atoms with van der Waals surface area (Å²) in [6.07, 6.45) is 6.51. The maximum atomic E-state index is 5.91. The molecule has 0 aliphatic carbocycles. The number of nitrogens with zero attached hydrogens (tertiary/aromatic N) is 7. The summed E-state index contributed by atoms with van der Waals surface area (Å²) in [7, 11) is 1.86. The van der Waals surface area contributed by atoms with Gasteiger partial charge in [0.25, 0.3) is 0 Å². The summed E-state index contributed by atoms with van der Waals surface area (Å²) in [6, 6.07) is 13.5. The highest BCUT2D eigenvalue weighted by molar-refractivity contribution is 7.50. The van der Waals surface area contributed by atoms with Crippen LogP contribution in [0.3, 0.4) is 0 Å². The van der Waals surface area contributed by atoms with Crippen LogP contribution in [0, 0.1) is 0 Å². The van der Waals surface area contributed by atoms with E-state index in [-0.39, 0.29) is 12.2 Å². The van der Waals surface area contributed by atoms with Crippen LogP contribution in [0.15, 0.2) is 66.7 Å². The fourth-order valence-electron chi connectivity index (χ4n) is 5.37. The quantitative estimate of drug-likeness (QED) is 0.0654. The zero-order valence-electron chi connectivity index (χ0n) is 36.2. The molecular formula is C41H59N9O7P2S. The fourth-order valence-corrected chi connectivity index (χ4v) is 8.55. The molecule has 0 bridgehead atoms. The molecule has 4 aromatic heterocycles. The third-order valence-electron chi connectivity index (χ3n) is 7.81. The van der Waals surface area contributed by atoms with Crippen molar-refractivity contribution < 1.29 is 32.5 Å². The van der Waals surface area contributed by atoms with Gasteiger partial charge in [-0.15, -0.1) is 11.3 Å². The van der Waals surface area contributed by atoms with Crippen molar-refractivity contribution in [1.82, 2.24) is 34.7 Å². The van der Waals surface area contributed by atoms with E-state index in [1.165, 1.54) is 17.7 Å². The molecule has 0 fully saturated rings. The van der Waals surface area contributed by atoms with Crippen molar-refractivity contribution >= 4 is 72.3 Å². The summed E-state index contributed by atoms with van der Waals surface area (Å²) >= 11 is 1.52. The van der Waals surface area contributed by atoms with Crippen molar-refractivity contribution in [2.24, 2.45) is 0 Å². The molecule has 2 N–H and O–H groups in total. The normalized spacial score (nSPS) is 12.1. The van der Waals surface area contributed by atoms with Crippen LogP contribution in [0.25, 0.3) is 21.8 Å². The number of fused-ring (bicyclic) bond motifs is 2. The lowest BCUT2D eigenvalue weighted by atomic mass is 10.2. The van der Waals surface area contributed by atoms with E-state index in [4.69, 9.17) is 27.8 Å². The lowest BCUT2D eigenvalue weighted by Crippen LogP contribution is -2.17. The lowest BCUT2D eigenvalue weighted by Gasteiger charge is -2.14. The summed E-state index contributed by atoms with van der Waals surface area (Å²) < 4.78 is 40.2. The minimum absolute atomic E-state index is 0.0550. The van der Waals surface area contributed by atoms with Gasteiger partial charge in [0.2, 0.25) is 0 Å². The van der Waals surface area contributed by atoms with Gasteiger partial charge in [0.15, 0.2) is 19.3 Å². The maximum absolute atomic E-state index is 5.91. The summed E-state index contributed by atoms with van der Waals surface area (Å²) in [5.74, 6) is 3.66. The van der Waals surface area contributed by atoms with Gasteiger partial charge in [-0.05, 0) is 91.5 Å². The van der Waals surface area contributed by atoms with E-state index in [0.717, 1.165) is 69.4 Å². The van der Waals surface area contributed by atoms with Gasteiger partial charge in [-0.3, -0.25) is 4.68 Å². The van der Waals surface area contributed by atoms with Crippen molar-refractivity contribution in [2.45, 2.75) is 73.1 Å². The summed E-state index contributed by atoms with van der Waals surface area (Å²) in [5.41, 5.74) is 2.62. The first-order valence-corrected chi connectivity index (χ1v) is 23.9. The topological polar surface area (TPSA) is 171 Å². The van der Waals surface area contributed by atoms with Gasteiger partial charge in [0.1, 0.15) is 41.9 Å². The molecular weight excluding hydrogens is 825 g/mol. The molecule has 0 radical (unpaired) electrons. The van der Waals surface area contributed by atoms with Crippen molar-refractivity contribution in [1.29, 1.82) is 0 Å². The van der Waals surface area contributed by atoms with Crippen LogP contribution < -0.4 is 20.1 Å². The third kappa shape index (κ3) is 16.0. The van der Waals surface area contributed by atoms with Gasteiger partial charge in [-0.25, -0.2) is 24.9 Å². The van der Waals surface area contributed by atoms with Crippen LogP contribution in [0.2, 0.25) is 0 Å². The highest BCUT2D eigenvalue weighted by Crippen LogP contribution is 2.42. The Labute approximate surface area is 359 Å². The smallest absolute Gasteiger partial charge is 0.188 e. The Morgan fingerprint density at radius 1 is 0.733 bits per heavy atom. The van der Waals surface area contributed by atoms with Gasteiger partial charge in [-0.2, -0.15) is 5.10 Å². The highest BCUT2D eigenvalue weighted by atomic mass is 32.1. The Morgan fingerprint density at radius 2 is 1.33 bits per heavy atom. The number of nitrogens with one attached hydrogen (secondary N) is 2. The molecule has 4 heterocycles. The number of hydrogen-bond donors (Lipinski definition) is 2. The highest BCUT2D eigenvalue weighted by Gasteiger charge is 2.15. The molecule has 0 aliphatic heterocycles. The predicted octanol–water partition coefficient (Wildman–Crippen LogP) is 10.2. The minimum atomic E-state index is -0.964. The van der Waals surface area contributed by atoms with Crippen molar-refractivity contribution in [3.63, 3.8) is 0 Å². The van der Waals surface area contributed by atoms with Crippen LogP contribution in [-0.2, 0) is 35.5 Å². The molecule has 0 amide bonds. The van der Waals surface area contributed by atoms with Gasteiger partial charge in [-0.1, -0.05) is 0 Å². The predicted molar refractivity (Wildman–Crippen MR) is 244 cm³/mol. The number of anilines is 4. The number of ether oxygens (including phenoxy) is 4. The van der Waals surface area contributed by atoms with E-state index in [1.54, 1.807) is 20.5 Å². The molecule has 2 aromatic carbocycles. The van der Waals surface area contributed by atoms with Crippen LogP contribution in [0.5, 0.6) is 11.5 Å². The summed E-state index contributed by atoms with van der Waals surface area (Å²) in [4.78, 5) is 22.1. The van der Waals surface area contributed by atoms with Gasteiger partial charge >= 0.3 is 0 Å². The van der Waals surface area contributed by atoms with Gasteiger partial charge in [0, 0.05) is 64.0 Å². The molecule has 6 rings (SSSR count). The second-order valence-electron chi connectivity index (χ2n) is 13.1. The van der Waals surface area contributed by atoms with E-state index < -0.39 is 16.5 Å². The fraction of sp³-hybridized carbons (Fsp3) is 0.463. The second kappa shape index (κ2) is 26.2. The first-order valence-electron chi connectivity index (χ1n) is 19.8. The number of methoxy groups -OCH3 is 2. The zero-order valence-corrected chi connectivity index (χ0v) is 38.9. The van der Waals surface area contributed by atoms with Crippen molar-refractivity contribution in [3.05, 3.63) is 72.4 Å². The van der Waals surface area contributed by atoms with E-state index in [1.807, 2.05) is 107 Å². The standard InChI is InChI=1S/C20H27N4O4PS.C18H24N5O2P.C3H8O/c1-5-26-29(27-6-2)11-15-12-30-20(23-15)24-19-17-9-16(28-14(3)10-25-4)7-8-18(17)21-13-22-19;1-5-24-26(4)12-23-9-8-17(22-23)21-18-15-10-14(25-13(2)3)6-7-16(15)19-11-20-18;1-3-4-2/h7-9,12-14H,5-6,10-11H2,1-4H3,(H,21,22,23,24);6-11,13H,5,12H2,1-4H3,(H,19,20,21,22);3H2,1-2H3/t14-;;/m0../s1. The molecule has 16 nitrogen and oxygen atoms in total. The van der Waals surface area contributed by atoms with Crippen LogP contribution in [0.4, 0.5) is 22.6 Å². The molecule has 2 atom stereocenters. The van der Waals surface area contributed by atoms with Gasteiger partial charge < -0.3 is 43.2 Å². The maximum Gasteiger partial charge on any atom is 0.188 e. The molecule has 1 unspecified atom stereocenters. The van der Waals surface area contributed by atoms with E-state index in [0.29, 0.717) is 37.6 Å². The average Bonchev–Trinajstić information content (AvgIpc) is 3.87. The van der Waals surface area contributed by atoms with Gasteiger partial charge in [0.05, 0.1) is 55.1 Å². The Kier molecular flexibility index (Phi) is 21.2. The molecule has 60 heavy (non-hydrogen) atoms. The van der Waals surface area contributed by atoms with E-state index in [2.05, 4.69) is 52.1 Å². The first kappa shape index (κ1) is 48.5. The lowest BCUT2D eigenvalue weighted by molar-refractivity contribution is 0.0922. The number of rotatable bonds is 21. The largest absolute Gasteiger partial charge is 0.491 e. The first-order chi connectivity index (χ1) is 29.1. The zero-order chi connectivity index (χ0) is 43.3. The minimum Gasteiger partial charge on any atom is -0.491 e. The number of aromatic nitrogens is 7.